The maximum atomic E-state index is 12.4. The lowest BCUT2D eigenvalue weighted by Gasteiger charge is -2.17. The molecule has 2 aliphatic rings. The Morgan fingerprint density at radius 2 is 1.76 bits per heavy atom. The van der Waals surface area contributed by atoms with E-state index in [1.807, 2.05) is 12.1 Å². The highest BCUT2D eigenvalue weighted by Gasteiger charge is 2.25. The molecule has 1 aromatic carbocycles. The second-order valence-electron chi connectivity index (χ2n) is 6.00. The van der Waals surface area contributed by atoms with Crippen LogP contribution in [-0.2, 0) is 13.1 Å². The Labute approximate surface area is 152 Å². The van der Waals surface area contributed by atoms with Gasteiger partial charge in [0.25, 0.3) is 0 Å². The van der Waals surface area contributed by atoms with Crippen LogP contribution in [-0.4, -0.2) is 34.0 Å². The fraction of sp³-hybridized carbons (Fsp3) is 0.278. The summed E-state index contributed by atoms with van der Waals surface area (Å²) >= 11 is 0. The Balaban J connectivity index is 0.00000182. The minimum atomic E-state index is -0.122. The van der Waals surface area contributed by atoms with Gasteiger partial charge in [-0.2, -0.15) is 0 Å². The number of rotatable bonds is 2. The van der Waals surface area contributed by atoms with Gasteiger partial charge in [-0.1, -0.05) is 18.2 Å². The van der Waals surface area contributed by atoms with Gasteiger partial charge in [0.1, 0.15) is 0 Å². The van der Waals surface area contributed by atoms with Crippen LogP contribution in [0.25, 0.3) is 5.57 Å². The molecule has 130 valence electrons. The highest BCUT2D eigenvalue weighted by Crippen LogP contribution is 2.23. The summed E-state index contributed by atoms with van der Waals surface area (Å²) in [5.74, 6) is 0. The van der Waals surface area contributed by atoms with E-state index < -0.39 is 0 Å². The lowest BCUT2D eigenvalue weighted by Crippen LogP contribution is -2.30. The van der Waals surface area contributed by atoms with Crippen LogP contribution in [0.3, 0.4) is 0 Å². The third kappa shape index (κ3) is 3.81. The molecule has 0 aliphatic carbocycles. The maximum absolute atomic E-state index is 12.4. The van der Waals surface area contributed by atoms with Crippen LogP contribution in [0.5, 0.6) is 0 Å². The van der Waals surface area contributed by atoms with Crippen molar-refractivity contribution in [3.8, 4) is 0 Å². The number of anilines is 1. The van der Waals surface area contributed by atoms with Crippen LogP contribution in [0, 0.1) is 0 Å². The van der Waals surface area contributed by atoms with E-state index >= 15 is 0 Å². The second-order valence-corrected chi connectivity index (χ2v) is 6.00. The molecule has 7 heteroatoms. The van der Waals surface area contributed by atoms with Crippen molar-refractivity contribution in [1.82, 2.24) is 20.2 Å². The third-order valence-electron chi connectivity index (χ3n) is 4.40. The Bertz CT molecular complexity index is 765. The summed E-state index contributed by atoms with van der Waals surface area (Å²) in [6, 6.07) is 7.91. The minimum Gasteiger partial charge on any atom is -0.313 e. The molecule has 2 aliphatic heterocycles. The number of fused-ring (bicyclic) bond motifs is 1. The van der Waals surface area contributed by atoms with Gasteiger partial charge in [-0.3, -0.25) is 9.97 Å². The Kier molecular flexibility index (Phi) is 5.31. The molecule has 0 bridgehead atoms. The number of carbonyl (C=O) groups excluding carboxylic acids is 1. The number of halogens is 1. The van der Waals surface area contributed by atoms with Crippen molar-refractivity contribution in [3.63, 3.8) is 0 Å². The number of urea groups is 1. The lowest BCUT2D eigenvalue weighted by molar-refractivity contribution is 0.212. The average molecular weight is 358 g/mol. The highest BCUT2D eigenvalue weighted by atomic mass is 35.5. The molecule has 0 saturated heterocycles. The molecule has 0 spiro atoms. The third-order valence-corrected chi connectivity index (χ3v) is 4.40. The van der Waals surface area contributed by atoms with Gasteiger partial charge >= 0.3 is 6.03 Å². The SMILES string of the molecule is Cl.O=C(Nc1ccc(C2=CCNCC2)cc1)N1Cc2nccnc2C1. The van der Waals surface area contributed by atoms with Crippen molar-refractivity contribution in [2.45, 2.75) is 19.5 Å². The summed E-state index contributed by atoms with van der Waals surface area (Å²) in [5, 5.41) is 6.26. The van der Waals surface area contributed by atoms with Crippen LogP contribution in [0.1, 0.15) is 23.4 Å². The smallest absolute Gasteiger partial charge is 0.313 e. The van der Waals surface area contributed by atoms with Gasteiger partial charge < -0.3 is 15.5 Å². The first-order valence-electron chi connectivity index (χ1n) is 8.14. The Morgan fingerprint density at radius 3 is 2.36 bits per heavy atom. The molecule has 25 heavy (non-hydrogen) atoms. The molecule has 0 radical (unpaired) electrons. The summed E-state index contributed by atoms with van der Waals surface area (Å²) in [7, 11) is 0. The van der Waals surface area contributed by atoms with E-state index in [4.69, 9.17) is 0 Å². The van der Waals surface area contributed by atoms with Crippen LogP contribution in [0.15, 0.2) is 42.7 Å². The van der Waals surface area contributed by atoms with Gasteiger partial charge in [-0.05, 0) is 36.2 Å². The standard InChI is InChI=1S/C18H19N5O.ClH/c24-18(23-11-16-17(12-23)21-10-9-20-16)22-15-3-1-13(2-4-15)14-5-7-19-8-6-14;/h1-5,9-10,19H,6-8,11-12H2,(H,22,24);1H. The first-order valence-corrected chi connectivity index (χ1v) is 8.14. The second kappa shape index (κ2) is 7.63. The Morgan fingerprint density at radius 1 is 1.08 bits per heavy atom. The van der Waals surface area contributed by atoms with E-state index in [9.17, 15) is 4.79 Å². The van der Waals surface area contributed by atoms with E-state index in [-0.39, 0.29) is 18.4 Å². The van der Waals surface area contributed by atoms with Crippen molar-refractivity contribution >= 4 is 29.7 Å². The molecule has 0 unspecified atom stereocenters. The zero-order chi connectivity index (χ0) is 16.4. The number of aromatic nitrogens is 2. The van der Waals surface area contributed by atoms with Crippen molar-refractivity contribution in [3.05, 3.63) is 59.7 Å². The molecule has 2 aromatic rings. The van der Waals surface area contributed by atoms with Gasteiger partial charge in [0.05, 0.1) is 24.5 Å². The molecule has 1 aromatic heterocycles. The number of hydrogen-bond donors (Lipinski definition) is 2. The number of hydrogen-bond acceptors (Lipinski definition) is 4. The Hall–Kier alpha value is -2.44. The molecule has 2 amide bonds. The van der Waals surface area contributed by atoms with Crippen molar-refractivity contribution < 1.29 is 4.79 Å². The topological polar surface area (TPSA) is 70.2 Å². The van der Waals surface area contributed by atoms with E-state index in [2.05, 4.69) is 38.8 Å². The van der Waals surface area contributed by atoms with Gasteiger partial charge in [0.2, 0.25) is 0 Å². The predicted molar refractivity (Wildman–Crippen MR) is 99.5 cm³/mol. The molecular weight excluding hydrogens is 338 g/mol. The average Bonchev–Trinajstić information content (AvgIpc) is 3.07. The van der Waals surface area contributed by atoms with Crippen LogP contribution < -0.4 is 10.6 Å². The normalized spacial score (nSPS) is 15.8. The van der Waals surface area contributed by atoms with E-state index in [0.29, 0.717) is 13.1 Å². The number of amides is 2. The van der Waals surface area contributed by atoms with Crippen molar-refractivity contribution in [2.24, 2.45) is 0 Å². The molecule has 0 saturated carbocycles. The molecule has 2 N–H and O–H groups in total. The molecular formula is C18H20ClN5O. The summed E-state index contributed by atoms with van der Waals surface area (Å²) in [6.45, 7) is 2.95. The zero-order valence-electron chi connectivity index (χ0n) is 13.7. The fourth-order valence-corrected chi connectivity index (χ4v) is 3.08. The fourth-order valence-electron chi connectivity index (χ4n) is 3.08. The van der Waals surface area contributed by atoms with Crippen molar-refractivity contribution in [1.29, 1.82) is 0 Å². The molecule has 0 fully saturated rings. The first kappa shape index (κ1) is 17.4. The largest absolute Gasteiger partial charge is 0.322 e. The summed E-state index contributed by atoms with van der Waals surface area (Å²) < 4.78 is 0. The van der Waals surface area contributed by atoms with Gasteiger partial charge in [0, 0.05) is 24.6 Å². The first-order chi connectivity index (χ1) is 11.8. The van der Waals surface area contributed by atoms with Crippen molar-refractivity contribution in [2.75, 3.05) is 18.4 Å². The number of nitrogens with one attached hydrogen (secondary N) is 2. The molecule has 0 atom stereocenters. The predicted octanol–water partition coefficient (Wildman–Crippen LogP) is 2.82. The molecule has 3 heterocycles. The van der Waals surface area contributed by atoms with Gasteiger partial charge in [-0.25, -0.2) is 4.79 Å². The molecule has 6 nitrogen and oxygen atoms in total. The van der Waals surface area contributed by atoms with Crippen LogP contribution >= 0.6 is 12.4 Å². The van der Waals surface area contributed by atoms with E-state index in [1.165, 1.54) is 11.1 Å². The number of benzene rings is 1. The van der Waals surface area contributed by atoms with Gasteiger partial charge in [0.15, 0.2) is 0 Å². The maximum Gasteiger partial charge on any atom is 0.322 e. The van der Waals surface area contributed by atoms with Crippen LogP contribution in [0.4, 0.5) is 10.5 Å². The number of nitrogens with zero attached hydrogens (tertiary/aromatic N) is 3. The summed E-state index contributed by atoms with van der Waals surface area (Å²) in [5.41, 5.74) is 5.13. The minimum absolute atomic E-state index is 0. The van der Waals surface area contributed by atoms with E-state index in [1.54, 1.807) is 17.3 Å². The van der Waals surface area contributed by atoms with Crippen LogP contribution in [0.2, 0.25) is 0 Å². The summed E-state index contributed by atoms with van der Waals surface area (Å²) in [6.07, 6.45) is 6.58. The molecule has 4 rings (SSSR count). The van der Waals surface area contributed by atoms with Gasteiger partial charge in [-0.15, -0.1) is 12.4 Å². The number of carbonyl (C=O) groups is 1. The quantitative estimate of drug-likeness (QED) is 0.867. The van der Waals surface area contributed by atoms with E-state index in [0.717, 1.165) is 36.6 Å². The zero-order valence-corrected chi connectivity index (χ0v) is 14.6. The highest BCUT2D eigenvalue weighted by molar-refractivity contribution is 5.89. The monoisotopic (exact) mass is 357 g/mol. The lowest BCUT2D eigenvalue weighted by atomic mass is 10.0. The summed E-state index contributed by atoms with van der Waals surface area (Å²) in [4.78, 5) is 22.7.